The van der Waals surface area contributed by atoms with Gasteiger partial charge >= 0.3 is 0 Å². The Labute approximate surface area is 61.7 Å². The summed E-state index contributed by atoms with van der Waals surface area (Å²) in [4.78, 5) is 0. The Morgan fingerprint density at radius 2 is 2.00 bits per heavy atom. The third-order valence-electron chi connectivity index (χ3n) is 1.40. The fourth-order valence-corrected chi connectivity index (χ4v) is 0.883. The van der Waals surface area contributed by atoms with Gasteiger partial charge in [-0.3, -0.25) is 0 Å². The highest BCUT2D eigenvalue weighted by Crippen LogP contribution is 1.94. The molecule has 0 aromatic carbocycles. The standard InChI is InChI=1S/C9H11N/c1-2-3-4-7-10-8-5-6-9-10/h1,5-6,8-9H,3-4,7H2. The summed E-state index contributed by atoms with van der Waals surface area (Å²) >= 11 is 0. The minimum Gasteiger partial charge on any atom is -0.354 e. The van der Waals surface area contributed by atoms with Gasteiger partial charge in [0.05, 0.1) is 0 Å². The molecule has 0 atom stereocenters. The van der Waals surface area contributed by atoms with Crippen molar-refractivity contribution in [1.29, 1.82) is 0 Å². The van der Waals surface area contributed by atoms with Crippen molar-refractivity contribution in [3.05, 3.63) is 24.5 Å². The molecule has 0 unspecified atom stereocenters. The Bertz CT molecular complexity index is 203. The predicted octanol–water partition coefficient (Wildman–Crippen LogP) is 1.90. The quantitative estimate of drug-likeness (QED) is 0.438. The topological polar surface area (TPSA) is 4.93 Å². The monoisotopic (exact) mass is 133 g/mol. The average Bonchev–Trinajstić information content (AvgIpc) is 2.41. The molecule has 0 aliphatic heterocycles. The van der Waals surface area contributed by atoms with Crippen LogP contribution < -0.4 is 0 Å². The molecule has 10 heavy (non-hydrogen) atoms. The van der Waals surface area contributed by atoms with Crippen LogP contribution in [0.25, 0.3) is 0 Å². The molecule has 1 heteroatoms. The Morgan fingerprint density at radius 3 is 2.60 bits per heavy atom. The lowest BCUT2D eigenvalue weighted by Crippen LogP contribution is -1.92. The number of unbranched alkanes of at least 4 members (excludes halogenated alkanes) is 1. The number of aromatic nitrogens is 1. The molecular weight excluding hydrogens is 122 g/mol. The number of aryl methyl sites for hydroxylation is 1. The normalized spacial score (nSPS) is 9.10. The van der Waals surface area contributed by atoms with Gasteiger partial charge in [0.2, 0.25) is 0 Å². The average molecular weight is 133 g/mol. The van der Waals surface area contributed by atoms with Crippen molar-refractivity contribution in [2.24, 2.45) is 0 Å². The lowest BCUT2D eigenvalue weighted by molar-refractivity contribution is 0.659. The van der Waals surface area contributed by atoms with Crippen molar-refractivity contribution in [1.82, 2.24) is 4.57 Å². The van der Waals surface area contributed by atoms with Crippen molar-refractivity contribution >= 4 is 0 Å². The minimum atomic E-state index is 0.873. The molecule has 0 fully saturated rings. The van der Waals surface area contributed by atoms with E-state index in [9.17, 15) is 0 Å². The first kappa shape index (κ1) is 6.95. The van der Waals surface area contributed by atoms with Crippen LogP contribution in [-0.2, 0) is 6.54 Å². The van der Waals surface area contributed by atoms with Crippen molar-refractivity contribution in [3.63, 3.8) is 0 Å². The summed E-state index contributed by atoms with van der Waals surface area (Å²) in [5.41, 5.74) is 0. The van der Waals surface area contributed by atoms with E-state index in [1.807, 2.05) is 12.1 Å². The molecule has 0 amide bonds. The van der Waals surface area contributed by atoms with Crippen LogP contribution in [0.15, 0.2) is 24.5 Å². The fourth-order valence-electron chi connectivity index (χ4n) is 0.883. The van der Waals surface area contributed by atoms with Gasteiger partial charge in [0.1, 0.15) is 0 Å². The number of terminal acetylenes is 1. The number of hydrogen-bond donors (Lipinski definition) is 0. The number of hydrogen-bond acceptors (Lipinski definition) is 0. The lowest BCUT2D eigenvalue weighted by atomic mass is 10.3. The van der Waals surface area contributed by atoms with E-state index >= 15 is 0 Å². The van der Waals surface area contributed by atoms with Crippen molar-refractivity contribution in [2.45, 2.75) is 19.4 Å². The SMILES string of the molecule is C#CCCCn1cccc1. The first-order chi connectivity index (χ1) is 4.93. The van der Waals surface area contributed by atoms with Crippen molar-refractivity contribution in [3.8, 4) is 12.3 Å². The highest BCUT2D eigenvalue weighted by Gasteiger charge is 1.85. The highest BCUT2D eigenvalue weighted by atomic mass is 14.9. The van der Waals surface area contributed by atoms with E-state index in [0.717, 1.165) is 19.4 Å². The third-order valence-corrected chi connectivity index (χ3v) is 1.40. The van der Waals surface area contributed by atoms with Gasteiger partial charge in [-0.1, -0.05) is 0 Å². The molecule has 0 aliphatic rings. The van der Waals surface area contributed by atoms with Gasteiger partial charge < -0.3 is 4.57 Å². The molecular formula is C9H11N. The Kier molecular flexibility index (Phi) is 2.63. The summed E-state index contributed by atoms with van der Waals surface area (Å²) in [6, 6.07) is 4.05. The molecule has 0 aliphatic carbocycles. The van der Waals surface area contributed by atoms with E-state index in [0.29, 0.717) is 0 Å². The third kappa shape index (κ3) is 1.99. The zero-order chi connectivity index (χ0) is 7.23. The molecule has 1 heterocycles. The molecule has 0 radical (unpaired) electrons. The second-order valence-electron chi connectivity index (χ2n) is 2.23. The summed E-state index contributed by atoms with van der Waals surface area (Å²) in [6.45, 7) is 1.04. The molecule has 1 aromatic rings. The van der Waals surface area contributed by atoms with E-state index < -0.39 is 0 Å². The molecule has 0 saturated carbocycles. The van der Waals surface area contributed by atoms with Gasteiger partial charge in [-0.25, -0.2) is 0 Å². The number of rotatable bonds is 3. The van der Waals surface area contributed by atoms with Crippen LogP contribution in [-0.4, -0.2) is 4.57 Å². The van der Waals surface area contributed by atoms with Gasteiger partial charge in [0.25, 0.3) is 0 Å². The summed E-state index contributed by atoms with van der Waals surface area (Å²) in [7, 11) is 0. The summed E-state index contributed by atoms with van der Waals surface area (Å²) < 4.78 is 2.14. The summed E-state index contributed by atoms with van der Waals surface area (Å²) in [6.07, 6.45) is 11.2. The fraction of sp³-hybridized carbons (Fsp3) is 0.333. The van der Waals surface area contributed by atoms with E-state index in [-0.39, 0.29) is 0 Å². The minimum absolute atomic E-state index is 0.873. The molecule has 0 saturated heterocycles. The van der Waals surface area contributed by atoms with Crippen LogP contribution in [0.2, 0.25) is 0 Å². The van der Waals surface area contributed by atoms with E-state index in [4.69, 9.17) is 6.42 Å². The smallest absolute Gasteiger partial charge is 0.0228 e. The van der Waals surface area contributed by atoms with Gasteiger partial charge in [-0.05, 0) is 18.6 Å². The molecule has 0 N–H and O–H groups in total. The number of nitrogens with zero attached hydrogens (tertiary/aromatic N) is 1. The second kappa shape index (κ2) is 3.79. The first-order valence-corrected chi connectivity index (χ1v) is 3.47. The van der Waals surface area contributed by atoms with Crippen LogP contribution in [0.3, 0.4) is 0 Å². The molecule has 0 bridgehead atoms. The maximum Gasteiger partial charge on any atom is 0.0228 e. The highest BCUT2D eigenvalue weighted by molar-refractivity contribution is 4.90. The molecule has 52 valence electrons. The van der Waals surface area contributed by atoms with Gasteiger partial charge in [0, 0.05) is 25.4 Å². The van der Waals surface area contributed by atoms with Crippen molar-refractivity contribution in [2.75, 3.05) is 0 Å². The zero-order valence-electron chi connectivity index (χ0n) is 5.96. The maximum atomic E-state index is 5.11. The molecule has 1 rings (SSSR count). The van der Waals surface area contributed by atoms with Crippen LogP contribution in [0.4, 0.5) is 0 Å². The predicted molar refractivity (Wildman–Crippen MR) is 42.5 cm³/mol. The van der Waals surface area contributed by atoms with Gasteiger partial charge in [0.15, 0.2) is 0 Å². The van der Waals surface area contributed by atoms with E-state index in [1.165, 1.54) is 0 Å². The Morgan fingerprint density at radius 1 is 1.30 bits per heavy atom. The maximum absolute atomic E-state index is 5.11. The van der Waals surface area contributed by atoms with Gasteiger partial charge in [-0.15, -0.1) is 12.3 Å². The molecule has 0 spiro atoms. The second-order valence-corrected chi connectivity index (χ2v) is 2.23. The van der Waals surface area contributed by atoms with Crippen molar-refractivity contribution < 1.29 is 0 Å². The lowest BCUT2D eigenvalue weighted by Gasteiger charge is -1.97. The van der Waals surface area contributed by atoms with Crippen LogP contribution in [0.5, 0.6) is 0 Å². The van der Waals surface area contributed by atoms with E-state index in [2.05, 4.69) is 22.9 Å². The largest absolute Gasteiger partial charge is 0.354 e. The zero-order valence-corrected chi connectivity index (χ0v) is 5.96. The van der Waals surface area contributed by atoms with Crippen LogP contribution >= 0.6 is 0 Å². The van der Waals surface area contributed by atoms with E-state index in [1.54, 1.807) is 0 Å². The first-order valence-electron chi connectivity index (χ1n) is 3.47. The van der Waals surface area contributed by atoms with Crippen LogP contribution in [0, 0.1) is 12.3 Å². The van der Waals surface area contributed by atoms with Crippen LogP contribution in [0.1, 0.15) is 12.8 Å². The Hall–Kier alpha value is -1.16. The summed E-state index contributed by atoms with van der Waals surface area (Å²) in [5.74, 6) is 2.62. The van der Waals surface area contributed by atoms with Gasteiger partial charge in [-0.2, -0.15) is 0 Å². The molecule has 1 aromatic heterocycles. The molecule has 1 nitrogen and oxygen atoms in total. The summed E-state index contributed by atoms with van der Waals surface area (Å²) in [5, 5.41) is 0. The Balaban J connectivity index is 2.23.